The molecule has 0 aromatic carbocycles. The molecule has 3 aliphatic rings. The van der Waals surface area contributed by atoms with Gasteiger partial charge in [0, 0.05) is 50.6 Å². The maximum Gasteiger partial charge on any atom is 0.229 e. The smallest absolute Gasteiger partial charge is 0.229 e. The van der Waals surface area contributed by atoms with Crippen molar-refractivity contribution in [3.8, 4) is 0 Å². The highest BCUT2D eigenvalue weighted by Gasteiger charge is 2.45. The first kappa shape index (κ1) is 16.5. The number of fused-ring (bicyclic) bond motifs is 1. The molecule has 2 atom stereocenters. The van der Waals surface area contributed by atoms with Crippen LogP contribution in [-0.4, -0.2) is 49.7 Å². The Morgan fingerprint density at radius 2 is 2.15 bits per heavy atom. The van der Waals surface area contributed by atoms with Gasteiger partial charge in [0.15, 0.2) is 0 Å². The van der Waals surface area contributed by atoms with E-state index in [1.807, 2.05) is 23.4 Å². The third-order valence-electron chi connectivity index (χ3n) is 6.12. The number of likely N-dealkylation sites (tertiary alicyclic amines) is 1. The molecule has 1 saturated heterocycles. The largest absolute Gasteiger partial charge is 0.338 e. The standard InChI is InChI=1S/C20H23N5O2/c1-23-18(26)9-15(19(23)13-3-2-7-21-10-13)20(27)24-8-6-17-16(11-24)22-12-25(17)14-4-5-14/h2-3,7,10,12,14-15,19H,4-6,8-9,11H2,1H3. The van der Waals surface area contributed by atoms with E-state index in [-0.39, 0.29) is 30.2 Å². The van der Waals surface area contributed by atoms with Gasteiger partial charge in [0.2, 0.25) is 11.8 Å². The molecule has 1 aliphatic carbocycles. The Kier molecular flexibility index (Phi) is 3.77. The number of imidazole rings is 1. The minimum atomic E-state index is -0.362. The van der Waals surface area contributed by atoms with Crippen molar-refractivity contribution < 1.29 is 9.59 Å². The fourth-order valence-corrected chi connectivity index (χ4v) is 4.52. The van der Waals surface area contributed by atoms with Gasteiger partial charge in [0.1, 0.15) is 0 Å². The Bertz CT molecular complexity index is 889. The molecular formula is C20H23N5O2. The topological polar surface area (TPSA) is 71.3 Å². The molecule has 2 unspecified atom stereocenters. The van der Waals surface area contributed by atoms with Crippen LogP contribution >= 0.6 is 0 Å². The van der Waals surface area contributed by atoms with Crippen LogP contribution in [0.2, 0.25) is 0 Å². The van der Waals surface area contributed by atoms with Gasteiger partial charge in [-0.2, -0.15) is 0 Å². The SMILES string of the molecule is CN1C(=O)CC(C(=O)N2CCc3c(ncn3C3CC3)C2)C1c1cccnc1. The molecule has 2 aliphatic heterocycles. The average Bonchev–Trinajstić information content (AvgIpc) is 3.38. The molecule has 2 aromatic rings. The maximum atomic E-state index is 13.3. The first-order chi connectivity index (χ1) is 13.1. The van der Waals surface area contributed by atoms with Gasteiger partial charge >= 0.3 is 0 Å². The van der Waals surface area contributed by atoms with E-state index in [4.69, 9.17) is 0 Å². The molecule has 0 radical (unpaired) electrons. The molecule has 2 fully saturated rings. The van der Waals surface area contributed by atoms with Gasteiger partial charge in [0.25, 0.3) is 0 Å². The van der Waals surface area contributed by atoms with Crippen LogP contribution in [0.3, 0.4) is 0 Å². The third-order valence-corrected chi connectivity index (χ3v) is 6.12. The second kappa shape index (κ2) is 6.18. The summed E-state index contributed by atoms with van der Waals surface area (Å²) in [6, 6.07) is 4.16. The van der Waals surface area contributed by atoms with Gasteiger partial charge in [-0.15, -0.1) is 0 Å². The number of carbonyl (C=O) groups is 2. The Labute approximate surface area is 158 Å². The zero-order chi connectivity index (χ0) is 18.5. The highest BCUT2D eigenvalue weighted by atomic mass is 16.2. The number of aromatic nitrogens is 3. The van der Waals surface area contributed by atoms with E-state index in [9.17, 15) is 9.59 Å². The van der Waals surface area contributed by atoms with E-state index >= 15 is 0 Å². The average molecular weight is 365 g/mol. The van der Waals surface area contributed by atoms with Crippen molar-refractivity contribution in [1.29, 1.82) is 0 Å². The van der Waals surface area contributed by atoms with E-state index in [1.165, 1.54) is 18.5 Å². The number of hydrogen-bond acceptors (Lipinski definition) is 4. The summed E-state index contributed by atoms with van der Waals surface area (Å²) < 4.78 is 2.29. The van der Waals surface area contributed by atoms with Gasteiger partial charge in [-0.05, 0) is 24.5 Å². The van der Waals surface area contributed by atoms with Crippen LogP contribution < -0.4 is 0 Å². The highest BCUT2D eigenvalue weighted by Crippen LogP contribution is 2.40. The van der Waals surface area contributed by atoms with E-state index in [0.717, 1.165) is 17.7 Å². The lowest BCUT2D eigenvalue weighted by Crippen LogP contribution is -2.41. The molecular weight excluding hydrogens is 342 g/mol. The fraction of sp³-hybridized carbons (Fsp3) is 0.500. The Balaban J connectivity index is 1.39. The second-order valence-corrected chi connectivity index (χ2v) is 7.83. The van der Waals surface area contributed by atoms with Crippen molar-refractivity contribution in [1.82, 2.24) is 24.3 Å². The minimum absolute atomic E-state index is 0.0120. The van der Waals surface area contributed by atoms with Gasteiger partial charge < -0.3 is 14.4 Å². The summed E-state index contributed by atoms with van der Waals surface area (Å²) in [5.41, 5.74) is 3.21. The van der Waals surface area contributed by atoms with Gasteiger partial charge in [0.05, 0.1) is 30.5 Å². The van der Waals surface area contributed by atoms with Gasteiger partial charge in [-0.1, -0.05) is 6.07 Å². The summed E-state index contributed by atoms with van der Waals surface area (Å²) in [4.78, 5) is 38.0. The van der Waals surface area contributed by atoms with Crippen molar-refractivity contribution in [2.75, 3.05) is 13.6 Å². The third kappa shape index (κ3) is 2.72. The van der Waals surface area contributed by atoms with Crippen molar-refractivity contribution in [2.45, 2.75) is 44.3 Å². The molecule has 7 heteroatoms. The van der Waals surface area contributed by atoms with Gasteiger partial charge in [-0.25, -0.2) is 4.98 Å². The quantitative estimate of drug-likeness (QED) is 0.830. The lowest BCUT2D eigenvalue weighted by Gasteiger charge is -2.32. The predicted molar refractivity (Wildman–Crippen MR) is 97.5 cm³/mol. The second-order valence-electron chi connectivity index (χ2n) is 7.83. The predicted octanol–water partition coefficient (Wildman–Crippen LogP) is 1.72. The Morgan fingerprint density at radius 3 is 2.89 bits per heavy atom. The molecule has 1 saturated carbocycles. The number of amides is 2. The summed E-state index contributed by atoms with van der Waals surface area (Å²) in [6.07, 6.45) is 8.96. The number of rotatable bonds is 3. The molecule has 7 nitrogen and oxygen atoms in total. The highest BCUT2D eigenvalue weighted by molar-refractivity contribution is 5.90. The zero-order valence-electron chi connectivity index (χ0n) is 15.4. The lowest BCUT2D eigenvalue weighted by atomic mass is 9.92. The zero-order valence-corrected chi connectivity index (χ0v) is 15.4. The van der Waals surface area contributed by atoms with Crippen LogP contribution in [-0.2, 0) is 22.6 Å². The van der Waals surface area contributed by atoms with E-state index in [0.29, 0.717) is 19.1 Å². The molecule has 0 bridgehead atoms. The Morgan fingerprint density at radius 1 is 1.30 bits per heavy atom. The van der Waals surface area contributed by atoms with Crippen LogP contribution in [0, 0.1) is 5.92 Å². The summed E-state index contributed by atoms with van der Waals surface area (Å²) in [5.74, 6) is -0.301. The Hall–Kier alpha value is -2.70. The van der Waals surface area contributed by atoms with Crippen molar-refractivity contribution >= 4 is 11.8 Å². The van der Waals surface area contributed by atoms with E-state index in [1.54, 1.807) is 24.3 Å². The normalized spacial score (nSPS) is 25.0. The molecule has 5 rings (SSSR count). The summed E-state index contributed by atoms with van der Waals surface area (Å²) in [5, 5.41) is 0. The first-order valence-corrected chi connectivity index (χ1v) is 9.62. The number of carbonyl (C=O) groups excluding carboxylic acids is 2. The molecule has 2 amide bonds. The number of hydrogen-bond donors (Lipinski definition) is 0. The molecule has 0 spiro atoms. The lowest BCUT2D eigenvalue weighted by molar-refractivity contribution is -0.137. The molecule has 4 heterocycles. The van der Waals surface area contributed by atoms with Crippen molar-refractivity contribution in [3.63, 3.8) is 0 Å². The van der Waals surface area contributed by atoms with Crippen LogP contribution in [0.25, 0.3) is 0 Å². The number of pyridine rings is 1. The van der Waals surface area contributed by atoms with Crippen LogP contribution in [0.1, 0.15) is 48.3 Å². The van der Waals surface area contributed by atoms with Crippen molar-refractivity contribution in [2.24, 2.45) is 5.92 Å². The fourth-order valence-electron chi connectivity index (χ4n) is 4.52. The maximum absolute atomic E-state index is 13.3. The van der Waals surface area contributed by atoms with Crippen molar-refractivity contribution in [3.05, 3.63) is 47.8 Å². The monoisotopic (exact) mass is 365 g/mol. The van der Waals surface area contributed by atoms with Crippen LogP contribution in [0.15, 0.2) is 30.9 Å². The summed E-state index contributed by atoms with van der Waals surface area (Å²) >= 11 is 0. The van der Waals surface area contributed by atoms with E-state index < -0.39 is 0 Å². The van der Waals surface area contributed by atoms with Gasteiger partial charge in [-0.3, -0.25) is 14.6 Å². The molecule has 140 valence electrons. The molecule has 2 aromatic heterocycles. The molecule has 27 heavy (non-hydrogen) atoms. The van der Waals surface area contributed by atoms with Crippen LogP contribution in [0.4, 0.5) is 0 Å². The summed E-state index contributed by atoms with van der Waals surface area (Å²) in [7, 11) is 1.78. The minimum Gasteiger partial charge on any atom is -0.338 e. The number of nitrogens with zero attached hydrogens (tertiary/aromatic N) is 5. The summed E-state index contributed by atoms with van der Waals surface area (Å²) in [6.45, 7) is 1.24. The molecule has 0 N–H and O–H groups in total. The van der Waals surface area contributed by atoms with E-state index in [2.05, 4.69) is 14.5 Å². The van der Waals surface area contributed by atoms with Crippen LogP contribution in [0.5, 0.6) is 0 Å². The first-order valence-electron chi connectivity index (χ1n) is 9.62.